The molecule has 3 nitrogen and oxygen atoms in total. The Balaban J connectivity index is 2.52. The lowest BCUT2D eigenvalue weighted by atomic mass is 9.98. The van der Waals surface area contributed by atoms with E-state index >= 15 is 0 Å². The van der Waals surface area contributed by atoms with Crippen molar-refractivity contribution in [1.82, 2.24) is 0 Å². The zero-order valence-corrected chi connectivity index (χ0v) is 7.71. The summed E-state index contributed by atoms with van der Waals surface area (Å²) in [6.07, 6.45) is 0.885. The molecular formula is C10H14N2O. The van der Waals surface area contributed by atoms with Crippen molar-refractivity contribution in [3.05, 3.63) is 23.3 Å². The van der Waals surface area contributed by atoms with Gasteiger partial charge in [0.2, 0.25) is 0 Å². The Kier molecular flexibility index (Phi) is 1.88. The van der Waals surface area contributed by atoms with Crippen LogP contribution in [0.4, 0.5) is 5.69 Å². The van der Waals surface area contributed by atoms with Crippen LogP contribution in [0.5, 0.6) is 5.75 Å². The molecule has 0 saturated carbocycles. The van der Waals surface area contributed by atoms with Gasteiger partial charge in [-0.3, -0.25) is 0 Å². The Bertz CT molecular complexity index is 336. The van der Waals surface area contributed by atoms with Crippen LogP contribution in [0, 0.1) is 6.92 Å². The van der Waals surface area contributed by atoms with Gasteiger partial charge in [0.25, 0.3) is 0 Å². The molecule has 1 aromatic carbocycles. The number of nitrogen functional groups attached to an aromatic ring is 1. The molecule has 0 unspecified atom stereocenters. The van der Waals surface area contributed by atoms with Crippen molar-refractivity contribution in [3.63, 3.8) is 0 Å². The molecule has 0 spiro atoms. The molecule has 1 aromatic rings. The van der Waals surface area contributed by atoms with Crippen molar-refractivity contribution < 1.29 is 4.74 Å². The maximum atomic E-state index is 5.94. The molecule has 0 amide bonds. The van der Waals surface area contributed by atoms with Gasteiger partial charge in [0.1, 0.15) is 5.75 Å². The van der Waals surface area contributed by atoms with Crippen molar-refractivity contribution in [1.29, 1.82) is 0 Å². The lowest BCUT2D eigenvalue weighted by Crippen LogP contribution is -2.20. The van der Waals surface area contributed by atoms with Crippen molar-refractivity contribution >= 4 is 5.69 Å². The van der Waals surface area contributed by atoms with Gasteiger partial charge in [0.05, 0.1) is 6.61 Å². The first-order valence-corrected chi connectivity index (χ1v) is 4.47. The molecule has 1 atom stereocenters. The van der Waals surface area contributed by atoms with E-state index in [1.54, 1.807) is 0 Å². The highest BCUT2D eigenvalue weighted by Crippen LogP contribution is 2.33. The van der Waals surface area contributed by atoms with Gasteiger partial charge in [-0.05, 0) is 18.6 Å². The Hall–Kier alpha value is -1.22. The summed E-state index contributed by atoms with van der Waals surface area (Å²) in [6.45, 7) is 2.67. The first-order chi connectivity index (χ1) is 6.18. The predicted octanol–water partition coefficient (Wildman–Crippen LogP) is 1.36. The summed E-state index contributed by atoms with van der Waals surface area (Å²) < 4.78 is 5.47. The van der Waals surface area contributed by atoms with Crippen molar-refractivity contribution in [2.75, 3.05) is 12.3 Å². The van der Waals surface area contributed by atoms with E-state index in [4.69, 9.17) is 16.2 Å². The minimum absolute atomic E-state index is 0.100. The molecule has 0 bridgehead atoms. The smallest absolute Gasteiger partial charge is 0.126 e. The number of hydrogen-bond donors (Lipinski definition) is 2. The van der Waals surface area contributed by atoms with Gasteiger partial charge in [0.15, 0.2) is 0 Å². The first kappa shape index (κ1) is 8.38. The van der Waals surface area contributed by atoms with Gasteiger partial charge in [-0.15, -0.1) is 0 Å². The van der Waals surface area contributed by atoms with Crippen LogP contribution in [-0.2, 0) is 0 Å². The maximum Gasteiger partial charge on any atom is 0.126 e. The summed E-state index contributed by atoms with van der Waals surface area (Å²) in [5, 5.41) is 0. The second kappa shape index (κ2) is 2.92. The second-order valence-electron chi connectivity index (χ2n) is 3.49. The minimum Gasteiger partial charge on any atom is -0.493 e. The Morgan fingerprint density at radius 3 is 3.00 bits per heavy atom. The number of rotatable bonds is 0. The van der Waals surface area contributed by atoms with E-state index < -0.39 is 0 Å². The lowest BCUT2D eigenvalue weighted by molar-refractivity contribution is 0.269. The number of ether oxygens (including phenoxy) is 1. The zero-order valence-electron chi connectivity index (χ0n) is 7.71. The quantitative estimate of drug-likeness (QED) is 0.590. The summed E-state index contributed by atoms with van der Waals surface area (Å²) in [4.78, 5) is 0. The fourth-order valence-electron chi connectivity index (χ4n) is 1.59. The average Bonchev–Trinajstić information content (AvgIpc) is 2.09. The van der Waals surface area contributed by atoms with Crippen LogP contribution in [-0.4, -0.2) is 6.61 Å². The zero-order chi connectivity index (χ0) is 9.42. The van der Waals surface area contributed by atoms with Crippen molar-refractivity contribution in [2.45, 2.75) is 19.4 Å². The maximum absolute atomic E-state index is 5.94. The Labute approximate surface area is 77.7 Å². The number of nitrogens with two attached hydrogens (primary N) is 2. The van der Waals surface area contributed by atoms with Gasteiger partial charge in [-0.2, -0.15) is 0 Å². The highest BCUT2D eigenvalue weighted by atomic mass is 16.5. The molecule has 70 valence electrons. The highest BCUT2D eigenvalue weighted by Gasteiger charge is 2.18. The van der Waals surface area contributed by atoms with Crippen molar-refractivity contribution in [2.24, 2.45) is 5.73 Å². The average molecular weight is 178 g/mol. The molecule has 2 rings (SSSR count). The number of anilines is 1. The standard InChI is InChI=1S/C10H14N2O/c1-6-4-7-8(11)2-3-13-10(7)5-9(6)12/h4-5,8H,2-3,11-12H2,1H3/t8-/m0/s1. The second-order valence-corrected chi connectivity index (χ2v) is 3.49. The van der Waals surface area contributed by atoms with Gasteiger partial charge in [-0.1, -0.05) is 0 Å². The van der Waals surface area contributed by atoms with Gasteiger partial charge >= 0.3 is 0 Å². The largest absolute Gasteiger partial charge is 0.493 e. The SMILES string of the molecule is Cc1cc2c(cc1N)OCC[C@@H]2N. The van der Waals surface area contributed by atoms with E-state index in [0.717, 1.165) is 29.0 Å². The fourth-order valence-corrected chi connectivity index (χ4v) is 1.59. The number of benzene rings is 1. The minimum atomic E-state index is 0.100. The Morgan fingerprint density at radius 2 is 2.23 bits per heavy atom. The van der Waals surface area contributed by atoms with Crippen LogP contribution in [0.25, 0.3) is 0 Å². The van der Waals surface area contributed by atoms with Gasteiger partial charge < -0.3 is 16.2 Å². The molecule has 3 heteroatoms. The number of aryl methyl sites for hydroxylation is 1. The lowest BCUT2D eigenvalue weighted by Gasteiger charge is -2.23. The normalized spacial score (nSPS) is 20.6. The van der Waals surface area contributed by atoms with Crippen molar-refractivity contribution in [3.8, 4) is 5.75 Å². The third-order valence-electron chi connectivity index (χ3n) is 2.48. The summed E-state index contributed by atoms with van der Waals surface area (Å²) in [5.41, 5.74) is 14.6. The van der Waals surface area contributed by atoms with E-state index in [1.165, 1.54) is 0 Å². The topological polar surface area (TPSA) is 61.3 Å². The molecule has 0 aromatic heterocycles. The van der Waals surface area contributed by atoms with E-state index in [1.807, 2.05) is 19.1 Å². The van der Waals surface area contributed by atoms with Gasteiger partial charge in [0, 0.05) is 29.8 Å². The van der Waals surface area contributed by atoms with Crippen LogP contribution in [0.1, 0.15) is 23.6 Å². The van der Waals surface area contributed by atoms with E-state index in [2.05, 4.69) is 0 Å². The fraction of sp³-hybridized carbons (Fsp3) is 0.400. The van der Waals surface area contributed by atoms with Crippen LogP contribution >= 0.6 is 0 Å². The summed E-state index contributed by atoms with van der Waals surface area (Å²) >= 11 is 0. The van der Waals surface area contributed by atoms with Crippen LogP contribution < -0.4 is 16.2 Å². The van der Waals surface area contributed by atoms with E-state index in [9.17, 15) is 0 Å². The molecule has 1 aliphatic rings. The molecular weight excluding hydrogens is 164 g/mol. The molecule has 1 heterocycles. The highest BCUT2D eigenvalue weighted by molar-refractivity contribution is 5.55. The summed E-state index contributed by atoms with van der Waals surface area (Å²) in [5.74, 6) is 0.849. The Morgan fingerprint density at radius 1 is 1.46 bits per heavy atom. The van der Waals surface area contributed by atoms with Crippen LogP contribution in [0.3, 0.4) is 0 Å². The monoisotopic (exact) mass is 178 g/mol. The van der Waals surface area contributed by atoms with Crippen LogP contribution in [0.2, 0.25) is 0 Å². The van der Waals surface area contributed by atoms with E-state index in [0.29, 0.717) is 6.61 Å². The van der Waals surface area contributed by atoms with E-state index in [-0.39, 0.29) is 6.04 Å². The number of fused-ring (bicyclic) bond motifs is 1. The third-order valence-corrected chi connectivity index (χ3v) is 2.48. The van der Waals surface area contributed by atoms with Crippen LogP contribution in [0.15, 0.2) is 12.1 Å². The molecule has 4 N–H and O–H groups in total. The molecule has 13 heavy (non-hydrogen) atoms. The first-order valence-electron chi connectivity index (χ1n) is 4.47. The molecule has 0 aliphatic carbocycles. The molecule has 1 aliphatic heterocycles. The molecule has 0 fully saturated rings. The summed E-state index contributed by atoms with van der Waals surface area (Å²) in [7, 11) is 0. The predicted molar refractivity (Wildman–Crippen MR) is 52.6 cm³/mol. The summed E-state index contributed by atoms with van der Waals surface area (Å²) in [6, 6.07) is 3.99. The number of hydrogen-bond acceptors (Lipinski definition) is 3. The third kappa shape index (κ3) is 1.35. The van der Waals surface area contributed by atoms with Gasteiger partial charge in [-0.25, -0.2) is 0 Å². The molecule has 0 radical (unpaired) electrons. The molecule has 0 saturated heterocycles.